The van der Waals surface area contributed by atoms with E-state index in [1.54, 1.807) is 43.6 Å². The van der Waals surface area contributed by atoms with Crippen LogP contribution in [0.3, 0.4) is 0 Å². The minimum absolute atomic E-state index is 0.00944. The Bertz CT molecular complexity index is 1400. The van der Waals surface area contributed by atoms with Crippen LogP contribution in [-0.2, 0) is 4.79 Å². The Morgan fingerprint density at radius 2 is 1.88 bits per heavy atom. The minimum Gasteiger partial charge on any atom is -0.497 e. The zero-order valence-corrected chi connectivity index (χ0v) is 18.1. The molecule has 0 fully saturated rings. The summed E-state index contributed by atoms with van der Waals surface area (Å²) in [5, 5.41) is 24.5. The van der Waals surface area contributed by atoms with E-state index < -0.39 is 0 Å². The van der Waals surface area contributed by atoms with Gasteiger partial charge in [0.15, 0.2) is 5.84 Å². The first-order valence-corrected chi connectivity index (χ1v) is 10.1. The molecule has 2 aromatic heterocycles. The first-order valence-electron chi connectivity index (χ1n) is 10.1. The number of hydrogen-bond donors (Lipinski definition) is 3. The van der Waals surface area contributed by atoms with Crippen LogP contribution in [0.2, 0.25) is 0 Å². The number of nitrogens with one attached hydrogen (secondary N) is 3. The Balaban J connectivity index is 1.54. The molecule has 2 heterocycles. The van der Waals surface area contributed by atoms with Gasteiger partial charge >= 0.3 is 0 Å². The molecule has 0 aliphatic rings. The normalized spacial score (nSPS) is 10.6. The molecule has 166 valence electrons. The Morgan fingerprint density at radius 3 is 2.61 bits per heavy atom. The smallest absolute Gasteiger partial charge is 0.221 e. The number of carbonyl (C=O) groups excluding carboxylic acids is 1. The summed E-state index contributed by atoms with van der Waals surface area (Å²) in [5.74, 6) is 1.13. The van der Waals surface area contributed by atoms with Crippen molar-refractivity contribution in [3.05, 3.63) is 72.3 Å². The molecule has 1 amide bonds. The third-order valence-corrected chi connectivity index (χ3v) is 4.87. The van der Waals surface area contributed by atoms with Crippen LogP contribution in [0, 0.1) is 10.8 Å². The average molecular weight is 442 g/mol. The van der Waals surface area contributed by atoms with Crippen molar-refractivity contribution in [1.29, 1.82) is 10.8 Å². The SMILES string of the molecule is COc1ccc2c(OCC(=N)n3nc(-c4ccc(NC(C)=O)cc4)ccc3=N)ccnc2c1. The van der Waals surface area contributed by atoms with Crippen molar-refractivity contribution in [2.24, 2.45) is 0 Å². The number of ether oxygens (including phenoxy) is 2. The van der Waals surface area contributed by atoms with E-state index in [4.69, 9.17) is 20.3 Å². The van der Waals surface area contributed by atoms with Crippen LogP contribution in [0.1, 0.15) is 6.92 Å². The van der Waals surface area contributed by atoms with E-state index in [0.717, 1.165) is 16.5 Å². The summed E-state index contributed by atoms with van der Waals surface area (Å²) in [6.07, 6.45) is 1.63. The second-order valence-corrected chi connectivity index (χ2v) is 7.20. The minimum atomic E-state index is -0.146. The molecule has 0 aliphatic heterocycles. The highest BCUT2D eigenvalue weighted by Gasteiger charge is 2.10. The molecule has 9 nitrogen and oxygen atoms in total. The molecule has 4 aromatic rings. The van der Waals surface area contributed by atoms with E-state index in [1.165, 1.54) is 11.6 Å². The number of nitrogens with zero attached hydrogens (tertiary/aromatic N) is 3. The lowest BCUT2D eigenvalue weighted by Crippen LogP contribution is -2.32. The first kappa shape index (κ1) is 21.7. The molecule has 3 N–H and O–H groups in total. The van der Waals surface area contributed by atoms with Gasteiger partial charge in [0.1, 0.15) is 23.6 Å². The predicted molar refractivity (Wildman–Crippen MR) is 125 cm³/mol. The number of hydrogen-bond acceptors (Lipinski definition) is 7. The van der Waals surface area contributed by atoms with E-state index in [1.807, 2.05) is 30.3 Å². The highest BCUT2D eigenvalue weighted by atomic mass is 16.5. The molecule has 0 aliphatic carbocycles. The van der Waals surface area contributed by atoms with Gasteiger partial charge in [-0.3, -0.25) is 20.6 Å². The van der Waals surface area contributed by atoms with Gasteiger partial charge < -0.3 is 14.8 Å². The highest BCUT2D eigenvalue weighted by Crippen LogP contribution is 2.27. The van der Waals surface area contributed by atoms with Crippen LogP contribution in [0.4, 0.5) is 5.69 Å². The maximum atomic E-state index is 11.2. The van der Waals surface area contributed by atoms with Gasteiger partial charge in [0, 0.05) is 35.8 Å². The number of methoxy groups -OCH3 is 1. The van der Waals surface area contributed by atoms with Gasteiger partial charge in [-0.1, -0.05) is 12.1 Å². The lowest BCUT2D eigenvalue weighted by Gasteiger charge is -2.13. The Kier molecular flexibility index (Phi) is 6.12. The van der Waals surface area contributed by atoms with Crippen molar-refractivity contribution in [2.75, 3.05) is 19.0 Å². The van der Waals surface area contributed by atoms with E-state index in [2.05, 4.69) is 15.4 Å². The molecule has 0 saturated carbocycles. The molecule has 0 saturated heterocycles. The lowest BCUT2D eigenvalue weighted by molar-refractivity contribution is -0.114. The number of rotatable bonds is 6. The summed E-state index contributed by atoms with van der Waals surface area (Å²) >= 11 is 0. The topological polar surface area (TPSA) is 126 Å². The molecule has 2 aromatic carbocycles. The first-order chi connectivity index (χ1) is 15.9. The molecule has 33 heavy (non-hydrogen) atoms. The number of fused-ring (bicyclic) bond motifs is 1. The van der Waals surface area contributed by atoms with E-state index in [9.17, 15) is 4.79 Å². The third kappa shape index (κ3) is 4.87. The zero-order valence-electron chi connectivity index (χ0n) is 18.1. The predicted octanol–water partition coefficient (Wildman–Crippen LogP) is 3.45. The fourth-order valence-corrected chi connectivity index (χ4v) is 3.27. The molecule has 4 rings (SSSR count). The van der Waals surface area contributed by atoms with Crippen LogP contribution < -0.4 is 20.3 Å². The Hall–Kier alpha value is -4.53. The van der Waals surface area contributed by atoms with Crippen molar-refractivity contribution >= 4 is 28.3 Å². The van der Waals surface area contributed by atoms with Gasteiger partial charge in [-0.15, -0.1) is 0 Å². The maximum absolute atomic E-state index is 11.2. The van der Waals surface area contributed by atoms with Gasteiger partial charge in [-0.05, 0) is 42.5 Å². The number of benzene rings is 2. The van der Waals surface area contributed by atoms with Gasteiger partial charge in [0.2, 0.25) is 5.91 Å². The van der Waals surface area contributed by atoms with E-state index in [0.29, 0.717) is 22.9 Å². The fraction of sp³-hybridized carbons (Fsp3) is 0.125. The monoisotopic (exact) mass is 442 g/mol. The van der Waals surface area contributed by atoms with Crippen molar-refractivity contribution in [2.45, 2.75) is 6.92 Å². The van der Waals surface area contributed by atoms with E-state index >= 15 is 0 Å². The molecule has 0 radical (unpaired) electrons. The number of pyridine rings is 1. The van der Waals surface area contributed by atoms with Crippen molar-refractivity contribution < 1.29 is 14.3 Å². The summed E-state index contributed by atoms with van der Waals surface area (Å²) in [5.41, 5.74) is 2.84. The second kappa shape index (κ2) is 9.31. The van der Waals surface area contributed by atoms with Crippen LogP contribution in [0.5, 0.6) is 11.5 Å². The molecule has 0 atom stereocenters. The average Bonchev–Trinajstić information content (AvgIpc) is 2.82. The molecule has 9 heteroatoms. The van der Waals surface area contributed by atoms with Crippen LogP contribution >= 0.6 is 0 Å². The summed E-state index contributed by atoms with van der Waals surface area (Å²) in [4.78, 5) is 15.5. The molecular weight excluding hydrogens is 420 g/mol. The number of anilines is 1. The van der Waals surface area contributed by atoms with Crippen molar-refractivity contribution in [1.82, 2.24) is 14.8 Å². The van der Waals surface area contributed by atoms with Crippen LogP contribution in [-0.4, -0.2) is 40.2 Å². The summed E-state index contributed by atoms with van der Waals surface area (Å²) < 4.78 is 12.3. The van der Waals surface area contributed by atoms with Crippen LogP contribution in [0.15, 0.2) is 66.9 Å². The highest BCUT2D eigenvalue weighted by molar-refractivity contribution is 5.89. The van der Waals surface area contributed by atoms with Gasteiger partial charge in [-0.25, -0.2) is 0 Å². The molecule has 0 bridgehead atoms. The van der Waals surface area contributed by atoms with Crippen molar-refractivity contribution in [3.8, 4) is 22.8 Å². The summed E-state index contributed by atoms with van der Waals surface area (Å²) in [7, 11) is 1.59. The number of amides is 1. The van der Waals surface area contributed by atoms with Gasteiger partial charge in [-0.2, -0.15) is 9.78 Å². The standard InChI is InChI=1S/C24H22N6O3/c1-15(31)28-17-5-3-16(4-6-17)20-9-10-23(25)30(29-20)24(26)14-33-22-11-12-27-21-13-18(32-2)7-8-19(21)22/h3-13,25-26H,14H2,1-2H3,(H,28,31). The molecule has 0 spiro atoms. The quantitative estimate of drug-likeness (QED) is 0.311. The number of aromatic nitrogens is 3. The van der Waals surface area contributed by atoms with Gasteiger partial charge in [0.25, 0.3) is 0 Å². The number of carbonyl (C=O) groups is 1. The third-order valence-electron chi connectivity index (χ3n) is 4.87. The second-order valence-electron chi connectivity index (χ2n) is 7.20. The van der Waals surface area contributed by atoms with Crippen molar-refractivity contribution in [3.63, 3.8) is 0 Å². The van der Waals surface area contributed by atoms with Gasteiger partial charge in [0.05, 0.1) is 18.3 Å². The maximum Gasteiger partial charge on any atom is 0.221 e. The summed E-state index contributed by atoms with van der Waals surface area (Å²) in [6.45, 7) is 1.37. The Morgan fingerprint density at radius 1 is 1.09 bits per heavy atom. The van der Waals surface area contributed by atoms with Crippen LogP contribution in [0.25, 0.3) is 22.2 Å². The molecular formula is C24H22N6O3. The fourth-order valence-electron chi connectivity index (χ4n) is 3.27. The Labute approximate surface area is 189 Å². The molecule has 0 unspecified atom stereocenters. The zero-order chi connectivity index (χ0) is 23.4. The lowest BCUT2D eigenvalue weighted by atomic mass is 10.1. The summed E-state index contributed by atoms with van der Waals surface area (Å²) in [6, 6.07) is 17.7. The largest absolute Gasteiger partial charge is 0.497 e. The van der Waals surface area contributed by atoms with E-state index in [-0.39, 0.29) is 23.8 Å².